The molecule has 0 spiro atoms. The summed E-state index contributed by atoms with van der Waals surface area (Å²) in [7, 11) is -7.65. The number of pyridine rings is 2. The van der Waals surface area contributed by atoms with E-state index in [0.717, 1.165) is 11.1 Å². The van der Waals surface area contributed by atoms with Crippen LogP contribution in [-0.2, 0) is 19.7 Å². The summed E-state index contributed by atoms with van der Waals surface area (Å²) >= 11 is 0. The maximum atomic E-state index is 13.7. The Bertz CT molecular complexity index is 2020. The van der Waals surface area contributed by atoms with Crippen molar-refractivity contribution in [1.29, 1.82) is 0 Å². The summed E-state index contributed by atoms with van der Waals surface area (Å²) in [5.74, 6) is 0. The lowest BCUT2D eigenvalue weighted by molar-refractivity contribution is 0.594. The van der Waals surface area contributed by atoms with Gasteiger partial charge in [0.2, 0.25) is 19.7 Å². The van der Waals surface area contributed by atoms with Gasteiger partial charge in [0.25, 0.3) is 0 Å². The Kier molecular flexibility index (Phi) is 7.71. The van der Waals surface area contributed by atoms with E-state index in [0.29, 0.717) is 33.6 Å². The number of aromatic nitrogens is 2. The summed E-state index contributed by atoms with van der Waals surface area (Å²) in [6.45, 7) is 3.81. The Morgan fingerprint density at radius 2 is 0.773 bits per heavy atom. The van der Waals surface area contributed by atoms with E-state index in [-0.39, 0.29) is 19.6 Å². The Morgan fingerprint density at radius 3 is 1.11 bits per heavy atom. The lowest BCUT2D eigenvalue weighted by atomic mass is 9.92. The molecule has 8 heteroatoms. The zero-order chi connectivity index (χ0) is 30.9. The van der Waals surface area contributed by atoms with Gasteiger partial charge >= 0.3 is 0 Å². The Hall–Kier alpha value is -4.92. The van der Waals surface area contributed by atoms with E-state index in [2.05, 4.69) is 9.97 Å². The Morgan fingerprint density at radius 1 is 0.409 bits per heavy atom. The first-order valence-corrected chi connectivity index (χ1v) is 16.9. The van der Waals surface area contributed by atoms with Gasteiger partial charge in [0.1, 0.15) is 0 Å². The molecule has 218 valence electrons. The SMILES string of the molecule is Cc1ccc(S(=O)(=O)c2ccc(-c3ccc(S(=O)(=O)c4ccc(C)cc4)cc3-c3ccccn3)c(-c3ccccn3)c2)cc1. The monoisotopic (exact) mass is 616 g/mol. The van der Waals surface area contributed by atoms with Crippen molar-refractivity contribution in [3.8, 4) is 33.6 Å². The molecule has 0 aliphatic carbocycles. The highest BCUT2D eigenvalue weighted by Crippen LogP contribution is 2.40. The van der Waals surface area contributed by atoms with E-state index in [1.807, 2.05) is 38.1 Å². The third-order valence-corrected chi connectivity index (χ3v) is 11.0. The van der Waals surface area contributed by atoms with Gasteiger partial charge in [0, 0.05) is 23.5 Å². The van der Waals surface area contributed by atoms with E-state index in [1.54, 1.807) is 109 Å². The first kappa shape index (κ1) is 29.2. The van der Waals surface area contributed by atoms with Crippen LogP contribution in [0, 0.1) is 13.8 Å². The second-order valence-electron chi connectivity index (χ2n) is 10.5. The fourth-order valence-corrected chi connectivity index (χ4v) is 7.60. The summed E-state index contributed by atoms with van der Waals surface area (Å²) in [6.07, 6.45) is 3.30. The van der Waals surface area contributed by atoms with E-state index < -0.39 is 19.7 Å². The highest BCUT2D eigenvalue weighted by molar-refractivity contribution is 7.91. The van der Waals surface area contributed by atoms with Crippen molar-refractivity contribution >= 4 is 19.7 Å². The molecule has 44 heavy (non-hydrogen) atoms. The molecule has 0 saturated heterocycles. The van der Waals surface area contributed by atoms with Gasteiger partial charge in [-0.15, -0.1) is 0 Å². The fourth-order valence-electron chi connectivity index (χ4n) is 5.03. The molecule has 0 atom stereocenters. The van der Waals surface area contributed by atoms with Crippen molar-refractivity contribution in [3.05, 3.63) is 145 Å². The van der Waals surface area contributed by atoms with Crippen LogP contribution in [0.5, 0.6) is 0 Å². The Balaban J connectivity index is 1.57. The first-order chi connectivity index (χ1) is 21.1. The largest absolute Gasteiger partial charge is 0.256 e. The summed E-state index contributed by atoms with van der Waals surface area (Å²) in [5, 5.41) is 0. The molecular weight excluding hydrogens is 589 g/mol. The fraction of sp³-hybridized carbons (Fsp3) is 0.0556. The lowest BCUT2D eigenvalue weighted by Gasteiger charge is -2.17. The Labute approximate surface area is 257 Å². The molecule has 0 aliphatic rings. The molecule has 6 nitrogen and oxygen atoms in total. The molecule has 0 amide bonds. The molecule has 0 radical (unpaired) electrons. The molecule has 2 heterocycles. The third-order valence-electron chi connectivity index (χ3n) is 7.44. The van der Waals surface area contributed by atoms with Crippen molar-refractivity contribution in [2.75, 3.05) is 0 Å². The van der Waals surface area contributed by atoms with E-state index >= 15 is 0 Å². The van der Waals surface area contributed by atoms with Gasteiger partial charge in [-0.25, -0.2) is 16.8 Å². The molecule has 0 fully saturated rings. The second kappa shape index (κ2) is 11.6. The molecule has 4 aromatic carbocycles. The maximum Gasteiger partial charge on any atom is 0.206 e. The zero-order valence-electron chi connectivity index (χ0n) is 24.0. The third kappa shape index (κ3) is 5.57. The van der Waals surface area contributed by atoms with Crippen LogP contribution in [0.25, 0.3) is 33.6 Å². The molecule has 2 aromatic heterocycles. The number of hydrogen-bond donors (Lipinski definition) is 0. The predicted octanol–water partition coefficient (Wildman–Crippen LogP) is 7.76. The molecular formula is C36H28N2O4S2. The topological polar surface area (TPSA) is 94.1 Å². The van der Waals surface area contributed by atoms with Crippen LogP contribution in [0.1, 0.15) is 11.1 Å². The molecule has 0 aliphatic heterocycles. The smallest absolute Gasteiger partial charge is 0.206 e. The number of rotatable bonds is 7. The van der Waals surface area contributed by atoms with E-state index in [9.17, 15) is 16.8 Å². The van der Waals surface area contributed by atoms with Crippen molar-refractivity contribution in [2.24, 2.45) is 0 Å². The minimum Gasteiger partial charge on any atom is -0.256 e. The van der Waals surface area contributed by atoms with Crippen LogP contribution in [0.15, 0.2) is 153 Å². The van der Waals surface area contributed by atoms with Crippen LogP contribution in [0.4, 0.5) is 0 Å². The van der Waals surface area contributed by atoms with Crippen molar-refractivity contribution in [3.63, 3.8) is 0 Å². The second-order valence-corrected chi connectivity index (χ2v) is 14.4. The van der Waals surface area contributed by atoms with Gasteiger partial charge in [-0.2, -0.15) is 0 Å². The van der Waals surface area contributed by atoms with Gasteiger partial charge < -0.3 is 0 Å². The minimum absolute atomic E-state index is 0.128. The summed E-state index contributed by atoms with van der Waals surface area (Å²) in [5.41, 5.74) is 5.62. The number of aryl methyl sites for hydroxylation is 2. The summed E-state index contributed by atoms with van der Waals surface area (Å²) in [6, 6.07) is 34.3. The van der Waals surface area contributed by atoms with Gasteiger partial charge in [0.05, 0.1) is 31.0 Å². The van der Waals surface area contributed by atoms with E-state index in [4.69, 9.17) is 0 Å². The molecule has 6 aromatic rings. The van der Waals surface area contributed by atoms with Gasteiger partial charge in [-0.3, -0.25) is 9.97 Å². The van der Waals surface area contributed by atoms with Crippen LogP contribution >= 0.6 is 0 Å². The van der Waals surface area contributed by atoms with Crippen LogP contribution in [-0.4, -0.2) is 26.8 Å². The highest BCUT2D eigenvalue weighted by Gasteiger charge is 2.24. The maximum absolute atomic E-state index is 13.7. The average molecular weight is 617 g/mol. The van der Waals surface area contributed by atoms with Crippen molar-refractivity contribution in [2.45, 2.75) is 33.4 Å². The molecule has 6 rings (SSSR count). The van der Waals surface area contributed by atoms with Crippen molar-refractivity contribution in [1.82, 2.24) is 9.97 Å². The summed E-state index contributed by atoms with van der Waals surface area (Å²) < 4.78 is 54.7. The number of benzene rings is 4. The minimum atomic E-state index is -3.83. The lowest BCUT2D eigenvalue weighted by Crippen LogP contribution is -2.04. The predicted molar refractivity (Wildman–Crippen MR) is 172 cm³/mol. The highest BCUT2D eigenvalue weighted by atomic mass is 32.2. The average Bonchev–Trinajstić information content (AvgIpc) is 3.05. The van der Waals surface area contributed by atoms with Crippen LogP contribution < -0.4 is 0 Å². The molecule has 0 saturated carbocycles. The standard InChI is InChI=1S/C36H28N2O4S2/c1-25-9-13-27(14-10-25)43(39,40)29-17-19-31(33(23-29)35-7-3-5-21-37-35)32-20-18-30(24-34(32)36-8-4-6-22-38-36)44(41,42)28-15-11-26(2)12-16-28/h3-24H,1-2H3. The number of nitrogens with zero attached hydrogens (tertiary/aromatic N) is 2. The molecule has 0 N–H and O–H groups in total. The molecule has 0 unspecified atom stereocenters. The molecule has 0 bridgehead atoms. The summed E-state index contributed by atoms with van der Waals surface area (Å²) in [4.78, 5) is 9.74. The number of sulfone groups is 2. The van der Waals surface area contributed by atoms with Gasteiger partial charge in [-0.05, 0) is 97.8 Å². The van der Waals surface area contributed by atoms with Crippen molar-refractivity contribution < 1.29 is 16.8 Å². The van der Waals surface area contributed by atoms with Gasteiger partial charge in [0.15, 0.2) is 0 Å². The van der Waals surface area contributed by atoms with Crippen LogP contribution in [0.3, 0.4) is 0 Å². The normalized spacial score (nSPS) is 11.8. The zero-order valence-corrected chi connectivity index (χ0v) is 25.7. The first-order valence-electron chi connectivity index (χ1n) is 13.9. The quantitative estimate of drug-likeness (QED) is 0.182. The number of hydrogen-bond acceptors (Lipinski definition) is 6. The van der Waals surface area contributed by atoms with Gasteiger partial charge in [-0.1, -0.05) is 59.7 Å². The van der Waals surface area contributed by atoms with E-state index in [1.165, 1.54) is 0 Å². The van der Waals surface area contributed by atoms with Crippen LogP contribution in [0.2, 0.25) is 0 Å².